The summed E-state index contributed by atoms with van der Waals surface area (Å²) in [5.74, 6) is 1.24. The third kappa shape index (κ3) is 4.54. The van der Waals surface area contributed by atoms with Gasteiger partial charge in [-0.3, -0.25) is 0 Å². The number of hydrogen-bond donors (Lipinski definition) is 1. The molecule has 2 aromatic carbocycles. The van der Waals surface area contributed by atoms with Gasteiger partial charge in [-0.25, -0.2) is 9.78 Å². The summed E-state index contributed by atoms with van der Waals surface area (Å²) in [6.45, 7) is 5.41. The van der Waals surface area contributed by atoms with E-state index in [0.29, 0.717) is 35.5 Å². The lowest BCUT2D eigenvalue weighted by atomic mass is 10.1. The fourth-order valence-electron chi connectivity index (χ4n) is 3.71. The monoisotopic (exact) mass is 441 g/mol. The van der Waals surface area contributed by atoms with Crippen LogP contribution in [-0.4, -0.2) is 49.3 Å². The van der Waals surface area contributed by atoms with Crippen LogP contribution < -0.4 is 19.5 Å². The number of rotatable bonds is 5. The second kappa shape index (κ2) is 9.01. The molecular weight excluding hydrogens is 414 g/mol. The molecule has 7 nitrogen and oxygen atoms in total. The van der Waals surface area contributed by atoms with Crippen molar-refractivity contribution in [3.63, 3.8) is 0 Å². The predicted molar refractivity (Wildman–Crippen MR) is 123 cm³/mol. The summed E-state index contributed by atoms with van der Waals surface area (Å²) in [4.78, 5) is 19.2. The Hall–Kier alpha value is -3.00. The van der Waals surface area contributed by atoms with E-state index in [1.807, 2.05) is 0 Å². The van der Waals surface area contributed by atoms with Gasteiger partial charge in [0.2, 0.25) is 0 Å². The number of anilines is 1. The van der Waals surface area contributed by atoms with Gasteiger partial charge in [-0.05, 0) is 37.1 Å². The number of fused-ring (bicyclic) bond motifs is 1. The number of nitrogens with zero attached hydrogens (tertiary/aromatic N) is 2. The first kappa shape index (κ1) is 21.2. The Balaban J connectivity index is 1.35. The summed E-state index contributed by atoms with van der Waals surface area (Å²) in [6, 6.07) is 9.39. The first-order chi connectivity index (χ1) is 15.0. The Kier molecular flexibility index (Phi) is 6.18. The smallest absolute Gasteiger partial charge is 0.321 e. The van der Waals surface area contributed by atoms with Crippen LogP contribution in [0.4, 0.5) is 10.5 Å². The minimum atomic E-state index is -0.145. The Morgan fingerprint density at radius 3 is 2.52 bits per heavy atom. The van der Waals surface area contributed by atoms with Gasteiger partial charge < -0.3 is 24.4 Å². The van der Waals surface area contributed by atoms with Crippen molar-refractivity contribution in [3.05, 3.63) is 41.5 Å². The lowest BCUT2D eigenvalue weighted by molar-refractivity contribution is 0.115. The summed E-state index contributed by atoms with van der Waals surface area (Å²) < 4.78 is 17.9. The molecule has 1 saturated heterocycles. The van der Waals surface area contributed by atoms with E-state index in [1.165, 1.54) is 10.3 Å². The second-order valence-corrected chi connectivity index (χ2v) is 8.62. The SMILES string of the molecule is COc1ccc(NC(=O)N2CCC(Oc3nc4c(C)ccc(C)c4s3)CC2)c(OC)c1. The third-order valence-electron chi connectivity index (χ3n) is 5.57. The Morgan fingerprint density at radius 1 is 1.10 bits per heavy atom. The van der Waals surface area contributed by atoms with Crippen LogP contribution in [-0.2, 0) is 0 Å². The highest BCUT2D eigenvalue weighted by Gasteiger charge is 2.25. The molecule has 0 aliphatic carbocycles. The molecule has 1 fully saturated rings. The molecule has 164 valence electrons. The molecule has 2 amide bonds. The van der Waals surface area contributed by atoms with E-state index < -0.39 is 0 Å². The number of aromatic nitrogens is 1. The number of likely N-dealkylation sites (tertiary alicyclic amines) is 1. The molecule has 0 atom stereocenters. The standard InChI is InChI=1S/C23H27N3O4S/c1-14-5-6-15(2)21-20(14)25-23(31-21)30-16-9-11-26(12-10-16)22(27)24-18-8-7-17(28-3)13-19(18)29-4/h5-8,13,16H,9-12H2,1-4H3,(H,24,27). The molecule has 0 unspecified atom stereocenters. The number of aryl methyl sites for hydroxylation is 2. The van der Waals surface area contributed by atoms with Crippen LogP contribution in [0.3, 0.4) is 0 Å². The maximum absolute atomic E-state index is 12.7. The quantitative estimate of drug-likeness (QED) is 0.603. The molecular formula is C23H27N3O4S. The van der Waals surface area contributed by atoms with E-state index >= 15 is 0 Å². The number of benzene rings is 2. The van der Waals surface area contributed by atoms with E-state index in [0.717, 1.165) is 23.9 Å². The average molecular weight is 442 g/mol. The Bertz CT molecular complexity index is 1050. The van der Waals surface area contributed by atoms with Gasteiger partial charge in [0.1, 0.15) is 17.6 Å². The van der Waals surface area contributed by atoms with Crippen LogP contribution in [0.15, 0.2) is 30.3 Å². The van der Waals surface area contributed by atoms with Gasteiger partial charge in [-0.15, -0.1) is 0 Å². The number of thiazole rings is 1. The van der Waals surface area contributed by atoms with Gasteiger partial charge >= 0.3 is 6.03 Å². The van der Waals surface area contributed by atoms with Crippen molar-refractivity contribution in [1.29, 1.82) is 0 Å². The lowest BCUT2D eigenvalue weighted by Gasteiger charge is -2.31. The van der Waals surface area contributed by atoms with Crippen LogP contribution in [0.25, 0.3) is 10.2 Å². The van der Waals surface area contributed by atoms with Gasteiger partial charge in [-0.1, -0.05) is 23.5 Å². The molecule has 1 aliphatic heterocycles. The summed E-state index contributed by atoms with van der Waals surface area (Å²) in [5, 5.41) is 3.64. The lowest BCUT2D eigenvalue weighted by Crippen LogP contribution is -2.43. The maximum Gasteiger partial charge on any atom is 0.321 e. The largest absolute Gasteiger partial charge is 0.497 e. The molecule has 1 N–H and O–H groups in total. The van der Waals surface area contributed by atoms with Crippen molar-refractivity contribution in [2.75, 3.05) is 32.6 Å². The number of amides is 2. The highest BCUT2D eigenvalue weighted by atomic mass is 32.1. The van der Waals surface area contributed by atoms with Crippen LogP contribution in [0.5, 0.6) is 16.7 Å². The molecule has 2 heterocycles. The van der Waals surface area contributed by atoms with Crippen LogP contribution >= 0.6 is 11.3 Å². The maximum atomic E-state index is 12.7. The molecule has 4 rings (SSSR count). The van der Waals surface area contributed by atoms with Gasteiger partial charge in [0.05, 0.1) is 30.1 Å². The summed E-state index contributed by atoms with van der Waals surface area (Å²) in [6.07, 6.45) is 1.59. The molecule has 0 spiro atoms. The normalized spacial score (nSPS) is 14.5. The van der Waals surface area contributed by atoms with Gasteiger partial charge in [0.15, 0.2) is 0 Å². The highest BCUT2D eigenvalue weighted by molar-refractivity contribution is 7.20. The summed E-state index contributed by atoms with van der Waals surface area (Å²) in [7, 11) is 3.16. The van der Waals surface area contributed by atoms with E-state index in [1.54, 1.807) is 48.7 Å². The van der Waals surface area contributed by atoms with Crippen molar-refractivity contribution in [2.24, 2.45) is 0 Å². The summed E-state index contributed by atoms with van der Waals surface area (Å²) in [5.41, 5.74) is 4.01. The zero-order chi connectivity index (χ0) is 22.0. The number of piperidine rings is 1. The molecule has 8 heteroatoms. The van der Waals surface area contributed by atoms with Crippen molar-refractivity contribution in [1.82, 2.24) is 9.88 Å². The van der Waals surface area contributed by atoms with Crippen LogP contribution in [0.1, 0.15) is 24.0 Å². The molecule has 1 aliphatic rings. The topological polar surface area (TPSA) is 72.9 Å². The van der Waals surface area contributed by atoms with Crippen molar-refractivity contribution in [2.45, 2.75) is 32.8 Å². The zero-order valence-corrected chi connectivity index (χ0v) is 19.0. The molecule has 0 radical (unpaired) electrons. The van der Waals surface area contributed by atoms with Crippen molar-refractivity contribution in [3.8, 4) is 16.7 Å². The molecule has 0 saturated carbocycles. The van der Waals surface area contributed by atoms with Gasteiger partial charge in [-0.2, -0.15) is 0 Å². The third-order valence-corrected chi connectivity index (χ3v) is 6.65. The van der Waals surface area contributed by atoms with Crippen molar-refractivity contribution >= 4 is 33.3 Å². The number of carbonyl (C=O) groups is 1. The Labute approximate surface area is 185 Å². The molecule has 31 heavy (non-hydrogen) atoms. The highest BCUT2D eigenvalue weighted by Crippen LogP contribution is 2.34. The average Bonchev–Trinajstić information content (AvgIpc) is 3.22. The van der Waals surface area contributed by atoms with E-state index in [4.69, 9.17) is 14.2 Å². The molecule has 0 bridgehead atoms. The zero-order valence-electron chi connectivity index (χ0n) is 18.2. The van der Waals surface area contributed by atoms with E-state index in [2.05, 4.69) is 36.3 Å². The van der Waals surface area contributed by atoms with Crippen LogP contribution in [0.2, 0.25) is 0 Å². The number of methoxy groups -OCH3 is 2. The number of carbonyl (C=O) groups excluding carboxylic acids is 1. The fourth-order valence-corrected chi connectivity index (χ4v) is 4.73. The molecule has 3 aromatic rings. The van der Waals surface area contributed by atoms with Gasteiger partial charge in [0.25, 0.3) is 5.19 Å². The Morgan fingerprint density at radius 2 is 1.84 bits per heavy atom. The number of hydrogen-bond acceptors (Lipinski definition) is 6. The van der Waals surface area contributed by atoms with Gasteiger partial charge in [0, 0.05) is 32.0 Å². The van der Waals surface area contributed by atoms with E-state index in [9.17, 15) is 4.79 Å². The fraction of sp³-hybridized carbons (Fsp3) is 0.391. The minimum Gasteiger partial charge on any atom is -0.497 e. The first-order valence-electron chi connectivity index (χ1n) is 10.3. The van der Waals surface area contributed by atoms with Crippen molar-refractivity contribution < 1.29 is 19.0 Å². The van der Waals surface area contributed by atoms with Crippen LogP contribution in [0, 0.1) is 13.8 Å². The predicted octanol–water partition coefficient (Wildman–Crippen LogP) is 5.01. The second-order valence-electron chi connectivity index (χ2n) is 7.66. The number of nitrogens with one attached hydrogen (secondary N) is 1. The summed E-state index contributed by atoms with van der Waals surface area (Å²) >= 11 is 1.60. The first-order valence-corrected chi connectivity index (χ1v) is 11.1. The van der Waals surface area contributed by atoms with E-state index in [-0.39, 0.29) is 12.1 Å². The minimum absolute atomic E-state index is 0.0562. The number of ether oxygens (including phenoxy) is 3. The molecule has 1 aromatic heterocycles. The number of urea groups is 1.